The molecule has 0 saturated heterocycles. The number of rotatable bonds is 5. The van der Waals surface area contributed by atoms with Crippen molar-refractivity contribution in [1.29, 1.82) is 0 Å². The molecular weight excluding hydrogens is 244 g/mol. The van der Waals surface area contributed by atoms with Crippen LogP contribution < -0.4 is 0 Å². The normalized spacial score (nSPS) is 10.6. The zero-order valence-electron chi connectivity index (χ0n) is 11.0. The Morgan fingerprint density at radius 2 is 2.11 bits per heavy atom. The average Bonchev–Trinajstić information content (AvgIpc) is 2.76. The van der Waals surface area contributed by atoms with Gasteiger partial charge in [0, 0.05) is 23.7 Å². The van der Waals surface area contributed by atoms with Gasteiger partial charge in [0.15, 0.2) is 5.82 Å². The first-order valence-corrected chi connectivity index (χ1v) is 6.25. The van der Waals surface area contributed by atoms with Gasteiger partial charge in [0.25, 0.3) is 0 Å². The molecule has 0 fully saturated rings. The Morgan fingerprint density at radius 1 is 1.32 bits per heavy atom. The third-order valence-electron chi connectivity index (χ3n) is 2.94. The Balaban J connectivity index is 2.56. The van der Waals surface area contributed by atoms with Crippen LogP contribution in [-0.4, -0.2) is 30.8 Å². The van der Waals surface area contributed by atoms with E-state index in [1.165, 1.54) is 0 Å². The molecule has 0 aliphatic heterocycles. The van der Waals surface area contributed by atoms with Gasteiger partial charge in [-0.15, -0.1) is 0 Å². The minimum atomic E-state index is -0.844. The van der Waals surface area contributed by atoms with Crippen LogP contribution in [0, 0.1) is 0 Å². The van der Waals surface area contributed by atoms with E-state index in [-0.39, 0.29) is 6.42 Å². The summed E-state index contributed by atoms with van der Waals surface area (Å²) in [5.74, 6) is -0.228. The molecular formula is C13H16N4O2. The molecule has 0 amide bonds. The fraction of sp³-hybridized carbons (Fsp3) is 0.385. The molecule has 0 spiro atoms. The molecule has 1 N–H and O–H groups in total. The number of aliphatic carboxylic acids is 1. The number of carboxylic acids is 1. The van der Waals surface area contributed by atoms with Crippen LogP contribution in [0.3, 0.4) is 0 Å². The standard InChI is InChI=1S/C13H16N4O2/c1-3-10-9(7-13(18)19)11(4-2)17(16-10)12-8-14-5-6-15-12/h5-6,8H,3-4,7H2,1-2H3,(H,18,19). The molecule has 0 bridgehead atoms. The first-order valence-electron chi connectivity index (χ1n) is 6.25. The van der Waals surface area contributed by atoms with E-state index < -0.39 is 5.97 Å². The number of hydrogen-bond acceptors (Lipinski definition) is 4. The van der Waals surface area contributed by atoms with Crippen LogP contribution in [0.2, 0.25) is 0 Å². The van der Waals surface area contributed by atoms with Crippen LogP contribution >= 0.6 is 0 Å². The predicted octanol–water partition coefficient (Wildman–Crippen LogP) is 1.41. The summed E-state index contributed by atoms with van der Waals surface area (Å²) < 4.78 is 1.70. The van der Waals surface area contributed by atoms with E-state index in [4.69, 9.17) is 5.11 Å². The van der Waals surface area contributed by atoms with Crippen molar-refractivity contribution in [3.8, 4) is 5.82 Å². The molecule has 2 aromatic heterocycles. The van der Waals surface area contributed by atoms with Gasteiger partial charge in [-0.3, -0.25) is 9.78 Å². The first-order chi connectivity index (χ1) is 9.17. The van der Waals surface area contributed by atoms with Crippen LogP contribution in [-0.2, 0) is 24.1 Å². The van der Waals surface area contributed by atoms with E-state index in [1.807, 2.05) is 13.8 Å². The maximum atomic E-state index is 11.0. The van der Waals surface area contributed by atoms with Crippen LogP contribution in [0.25, 0.3) is 5.82 Å². The third kappa shape index (κ3) is 2.62. The highest BCUT2D eigenvalue weighted by molar-refractivity contribution is 5.71. The second kappa shape index (κ2) is 5.60. The molecule has 0 unspecified atom stereocenters. The lowest BCUT2D eigenvalue weighted by atomic mass is 10.1. The Morgan fingerprint density at radius 3 is 2.63 bits per heavy atom. The lowest BCUT2D eigenvalue weighted by Crippen LogP contribution is -2.07. The molecule has 0 saturated carbocycles. The summed E-state index contributed by atoms with van der Waals surface area (Å²) in [4.78, 5) is 19.2. The van der Waals surface area contributed by atoms with Crippen molar-refractivity contribution < 1.29 is 9.90 Å². The molecule has 6 nitrogen and oxygen atoms in total. The Bertz CT molecular complexity index is 578. The van der Waals surface area contributed by atoms with Gasteiger partial charge in [0.1, 0.15) is 0 Å². The summed E-state index contributed by atoms with van der Waals surface area (Å²) in [5.41, 5.74) is 2.49. The second-order valence-electron chi connectivity index (χ2n) is 4.12. The van der Waals surface area contributed by atoms with E-state index in [0.717, 1.165) is 17.0 Å². The number of aromatic nitrogens is 4. The maximum absolute atomic E-state index is 11.0. The quantitative estimate of drug-likeness (QED) is 0.879. The molecule has 0 aromatic carbocycles. The molecule has 19 heavy (non-hydrogen) atoms. The van der Waals surface area contributed by atoms with Crippen LogP contribution in [0.5, 0.6) is 0 Å². The molecule has 2 rings (SSSR count). The van der Waals surface area contributed by atoms with Gasteiger partial charge in [0.05, 0.1) is 18.3 Å². The number of carbonyl (C=O) groups is 1. The summed E-state index contributed by atoms with van der Waals surface area (Å²) in [5, 5.41) is 13.5. The van der Waals surface area contributed by atoms with Gasteiger partial charge < -0.3 is 5.11 Å². The van der Waals surface area contributed by atoms with Gasteiger partial charge in [-0.2, -0.15) is 5.10 Å². The van der Waals surface area contributed by atoms with E-state index in [0.29, 0.717) is 18.7 Å². The molecule has 2 aromatic rings. The molecule has 0 aliphatic carbocycles. The van der Waals surface area contributed by atoms with Crippen LogP contribution in [0.15, 0.2) is 18.6 Å². The van der Waals surface area contributed by atoms with Crippen molar-refractivity contribution in [2.45, 2.75) is 33.1 Å². The monoisotopic (exact) mass is 260 g/mol. The summed E-state index contributed by atoms with van der Waals surface area (Å²) >= 11 is 0. The van der Waals surface area contributed by atoms with E-state index >= 15 is 0 Å². The SMILES string of the molecule is CCc1nn(-c2cnccn2)c(CC)c1CC(=O)O. The van der Waals surface area contributed by atoms with E-state index in [1.54, 1.807) is 23.3 Å². The van der Waals surface area contributed by atoms with Gasteiger partial charge in [-0.25, -0.2) is 9.67 Å². The van der Waals surface area contributed by atoms with Crippen molar-refractivity contribution in [3.05, 3.63) is 35.5 Å². The Hall–Kier alpha value is -2.24. The molecule has 6 heteroatoms. The largest absolute Gasteiger partial charge is 0.481 e. The molecule has 2 heterocycles. The number of hydrogen-bond donors (Lipinski definition) is 1. The van der Waals surface area contributed by atoms with Crippen molar-refractivity contribution >= 4 is 5.97 Å². The first kappa shape index (κ1) is 13.2. The maximum Gasteiger partial charge on any atom is 0.307 e. The van der Waals surface area contributed by atoms with Crippen molar-refractivity contribution in [1.82, 2.24) is 19.7 Å². The summed E-state index contributed by atoms with van der Waals surface area (Å²) in [7, 11) is 0. The second-order valence-corrected chi connectivity index (χ2v) is 4.12. The van der Waals surface area contributed by atoms with Gasteiger partial charge >= 0.3 is 5.97 Å². The van der Waals surface area contributed by atoms with Crippen molar-refractivity contribution in [3.63, 3.8) is 0 Å². The topological polar surface area (TPSA) is 80.9 Å². The zero-order chi connectivity index (χ0) is 13.8. The highest BCUT2D eigenvalue weighted by atomic mass is 16.4. The molecule has 0 atom stereocenters. The highest BCUT2D eigenvalue weighted by Crippen LogP contribution is 2.19. The summed E-state index contributed by atoms with van der Waals surface area (Å²) in [6.07, 6.45) is 6.20. The van der Waals surface area contributed by atoms with Gasteiger partial charge in [-0.1, -0.05) is 13.8 Å². The third-order valence-corrected chi connectivity index (χ3v) is 2.94. The fourth-order valence-electron chi connectivity index (χ4n) is 2.13. The van der Waals surface area contributed by atoms with E-state index in [9.17, 15) is 4.79 Å². The Labute approximate surface area is 111 Å². The Kier molecular flexibility index (Phi) is 3.89. The molecule has 0 aliphatic rings. The summed E-state index contributed by atoms with van der Waals surface area (Å²) in [6, 6.07) is 0. The van der Waals surface area contributed by atoms with Crippen LogP contribution in [0.4, 0.5) is 0 Å². The molecule has 0 radical (unpaired) electrons. The minimum Gasteiger partial charge on any atom is -0.481 e. The highest BCUT2D eigenvalue weighted by Gasteiger charge is 2.19. The fourth-order valence-corrected chi connectivity index (χ4v) is 2.13. The smallest absolute Gasteiger partial charge is 0.307 e. The number of carboxylic acid groups (broad SMARTS) is 1. The van der Waals surface area contributed by atoms with Crippen molar-refractivity contribution in [2.24, 2.45) is 0 Å². The van der Waals surface area contributed by atoms with Gasteiger partial charge in [-0.05, 0) is 12.8 Å². The van der Waals surface area contributed by atoms with E-state index in [2.05, 4.69) is 15.1 Å². The zero-order valence-corrected chi connectivity index (χ0v) is 11.0. The average molecular weight is 260 g/mol. The van der Waals surface area contributed by atoms with Crippen LogP contribution in [0.1, 0.15) is 30.8 Å². The lowest BCUT2D eigenvalue weighted by Gasteiger charge is -2.05. The van der Waals surface area contributed by atoms with Crippen molar-refractivity contribution in [2.75, 3.05) is 0 Å². The number of nitrogens with zero attached hydrogens (tertiary/aromatic N) is 4. The number of aryl methyl sites for hydroxylation is 1. The minimum absolute atomic E-state index is 0.00733. The predicted molar refractivity (Wildman–Crippen MR) is 69.2 cm³/mol. The van der Waals surface area contributed by atoms with Gasteiger partial charge in [0.2, 0.25) is 0 Å². The summed E-state index contributed by atoms with van der Waals surface area (Å²) in [6.45, 7) is 3.95. The lowest BCUT2D eigenvalue weighted by molar-refractivity contribution is -0.136. The molecule has 100 valence electrons.